The van der Waals surface area contributed by atoms with E-state index < -0.39 is 5.97 Å². The zero-order valence-electron chi connectivity index (χ0n) is 18.7. The molecule has 6 nitrogen and oxygen atoms in total. The van der Waals surface area contributed by atoms with Crippen molar-refractivity contribution in [3.05, 3.63) is 82.2 Å². The number of ether oxygens (including phenoxy) is 2. The van der Waals surface area contributed by atoms with E-state index in [1.165, 1.54) is 12.1 Å². The van der Waals surface area contributed by atoms with Crippen molar-refractivity contribution in [1.82, 2.24) is 0 Å². The maximum atomic E-state index is 13.7. The van der Waals surface area contributed by atoms with E-state index in [0.717, 1.165) is 41.5 Å². The van der Waals surface area contributed by atoms with Crippen LogP contribution < -0.4 is 9.47 Å². The molecule has 3 aromatic carbocycles. The minimum atomic E-state index is -0.834. The lowest BCUT2D eigenvalue weighted by Crippen LogP contribution is -2.07. The number of phenols is 1. The molecule has 2 N–H and O–H groups in total. The van der Waals surface area contributed by atoms with Crippen molar-refractivity contribution in [3.8, 4) is 29.1 Å². The molecule has 34 heavy (non-hydrogen) atoms. The summed E-state index contributed by atoms with van der Waals surface area (Å²) in [5, 5.41) is 27.0. The number of benzene rings is 3. The van der Waals surface area contributed by atoms with Crippen LogP contribution in [0.15, 0.2) is 48.5 Å². The zero-order chi connectivity index (χ0) is 24.2. The van der Waals surface area contributed by atoms with E-state index in [0.29, 0.717) is 29.4 Å². The van der Waals surface area contributed by atoms with Gasteiger partial charge in [0.15, 0.2) is 0 Å². The van der Waals surface area contributed by atoms with E-state index in [2.05, 4.69) is 6.07 Å². The standard InChI is InChI=1S/C17H14FNO.C10H10O4/c1-11-5-7-16(12(9-11)10-19)20-17-8-6-15(18)13-3-2-4-14(13)17;11-7-1-2-8-6(3-10(12)13)5-14-9(8)4-7/h5-9H,2-4H2,1H3;1-2,4,6,11H,3,5H2,(H,12,13). The second-order valence-electron chi connectivity index (χ2n) is 8.40. The van der Waals surface area contributed by atoms with Crippen LogP contribution in [0.25, 0.3) is 0 Å². The van der Waals surface area contributed by atoms with Crippen LogP contribution in [0.5, 0.6) is 23.0 Å². The molecule has 0 saturated heterocycles. The number of aliphatic carboxylic acids is 1. The summed E-state index contributed by atoms with van der Waals surface area (Å²) >= 11 is 0. The molecule has 0 saturated carbocycles. The van der Waals surface area contributed by atoms with Crippen LogP contribution >= 0.6 is 0 Å². The van der Waals surface area contributed by atoms with E-state index in [4.69, 9.17) is 24.9 Å². The molecule has 0 radical (unpaired) electrons. The molecule has 0 aromatic heterocycles. The van der Waals surface area contributed by atoms with Gasteiger partial charge in [0.05, 0.1) is 18.6 Å². The fraction of sp³-hybridized carbons (Fsp3) is 0.259. The molecule has 0 bridgehead atoms. The lowest BCUT2D eigenvalue weighted by Gasteiger charge is -2.12. The van der Waals surface area contributed by atoms with Gasteiger partial charge in [-0.05, 0) is 67.6 Å². The van der Waals surface area contributed by atoms with Crippen molar-refractivity contribution in [1.29, 1.82) is 5.26 Å². The van der Waals surface area contributed by atoms with Gasteiger partial charge in [0.1, 0.15) is 34.9 Å². The van der Waals surface area contributed by atoms with Crippen molar-refractivity contribution >= 4 is 5.97 Å². The molecule has 1 aliphatic heterocycles. The van der Waals surface area contributed by atoms with Gasteiger partial charge >= 0.3 is 5.97 Å². The Morgan fingerprint density at radius 3 is 2.68 bits per heavy atom. The maximum absolute atomic E-state index is 13.7. The molecule has 5 rings (SSSR count). The van der Waals surface area contributed by atoms with Gasteiger partial charge in [-0.25, -0.2) is 4.39 Å². The number of carboxylic acids is 1. The van der Waals surface area contributed by atoms with Crippen molar-refractivity contribution in [3.63, 3.8) is 0 Å². The predicted octanol–water partition coefficient (Wildman–Crippen LogP) is 5.63. The van der Waals surface area contributed by atoms with Crippen LogP contribution in [0.1, 0.15) is 46.6 Å². The average Bonchev–Trinajstić information content (AvgIpc) is 3.45. The molecule has 2 aliphatic rings. The Labute approximate surface area is 196 Å². The first kappa shape index (κ1) is 23.1. The Morgan fingerprint density at radius 1 is 1.15 bits per heavy atom. The minimum absolute atomic E-state index is 0.0672. The number of fused-ring (bicyclic) bond motifs is 2. The van der Waals surface area contributed by atoms with Crippen molar-refractivity contribution in [2.24, 2.45) is 0 Å². The predicted molar refractivity (Wildman–Crippen MR) is 123 cm³/mol. The molecule has 1 atom stereocenters. The largest absolute Gasteiger partial charge is 0.508 e. The number of aromatic hydroxyl groups is 1. The van der Waals surface area contributed by atoms with Crippen LogP contribution in [0.2, 0.25) is 0 Å². The highest BCUT2D eigenvalue weighted by Gasteiger charge is 2.26. The Hall–Kier alpha value is -4.05. The molecule has 0 fully saturated rings. The molecule has 1 aliphatic carbocycles. The van der Waals surface area contributed by atoms with E-state index in [9.17, 15) is 9.18 Å². The van der Waals surface area contributed by atoms with Crippen LogP contribution in [0.3, 0.4) is 0 Å². The minimum Gasteiger partial charge on any atom is -0.508 e. The number of carbonyl (C=O) groups is 1. The van der Waals surface area contributed by atoms with E-state index in [1.807, 2.05) is 13.0 Å². The second-order valence-corrected chi connectivity index (χ2v) is 8.40. The highest BCUT2D eigenvalue weighted by atomic mass is 19.1. The van der Waals surface area contributed by atoms with Crippen LogP contribution in [-0.2, 0) is 17.6 Å². The number of phenolic OH excluding ortho intramolecular Hbond substituents is 1. The summed E-state index contributed by atoms with van der Waals surface area (Å²) in [6.45, 7) is 2.31. The molecule has 1 heterocycles. The van der Waals surface area contributed by atoms with Gasteiger partial charge in [-0.2, -0.15) is 5.26 Å². The summed E-state index contributed by atoms with van der Waals surface area (Å²) in [5.41, 5.74) is 4.08. The van der Waals surface area contributed by atoms with E-state index in [-0.39, 0.29) is 23.9 Å². The number of hydrogen-bond donors (Lipinski definition) is 2. The molecule has 3 aromatic rings. The normalized spacial score (nSPS) is 15.3. The van der Waals surface area contributed by atoms with Gasteiger partial charge in [0, 0.05) is 23.1 Å². The highest BCUT2D eigenvalue weighted by Crippen LogP contribution is 2.38. The smallest absolute Gasteiger partial charge is 0.304 e. The summed E-state index contributed by atoms with van der Waals surface area (Å²) in [6.07, 6.45) is 2.61. The number of halogens is 1. The van der Waals surface area contributed by atoms with Gasteiger partial charge in [-0.1, -0.05) is 12.1 Å². The summed E-state index contributed by atoms with van der Waals surface area (Å²) in [5.74, 6) is 0.839. The summed E-state index contributed by atoms with van der Waals surface area (Å²) in [4.78, 5) is 10.5. The van der Waals surface area contributed by atoms with Gasteiger partial charge in [-0.3, -0.25) is 4.79 Å². The highest BCUT2D eigenvalue weighted by molar-refractivity contribution is 5.68. The quantitative estimate of drug-likeness (QED) is 0.522. The third-order valence-electron chi connectivity index (χ3n) is 5.96. The fourth-order valence-corrected chi connectivity index (χ4v) is 4.31. The Balaban J connectivity index is 0.000000172. The number of nitriles is 1. The summed E-state index contributed by atoms with van der Waals surface area (Å²) in [6, 6.07) is 15.5. The molecule has 174 valence electrons. The lowest BCUT2D eigenvalue weighted by molar-refractivity contribution is -0.137. The fourth-order valence-electron chi connectivity index (χ4n) is 4.31. The molecular formula is C27H24FNO5. The molecule has 1 unspecified atom stereocenters. The van der Waals surface area contributed by atoms with E-state index in [1.54, 1.807) is 30.3 Å². The van der Waals surface area contributed by atoms with Crippen LogP contribution in [-0.4, -0.2) is 22.8 Å². The molecule has 7 heteroatoms. The maximum Gasteiger partial charge on any atom is 0.304 e. The molecule has 0 amide bonds. The number of carboxylic acid groups (broad SMARTS) is 1. The van der Waals surface area contributed by atoms with E-state index >= 15 is 0 Å². The van der Waals surface area contributed by atoms with Crippen molar-refractivity contribution in [2.45, 2.75) is 38.5 Å². The first-order chi connectivity index (χ1) is 16.4. The van der Waals surface area contributed by atoms with Crippen LogP contribution in [0.4, 0.5) is 4.39 Å². The summed E-state index contributed by atoms with van der Waals surface area (Å²) < 4.78 is 24.8. The monoisotopic (exact) mass is 461 g/mol. The molecule has 0 spiro atoms. The Bertz CT molecular complexity index is 1280. The number of aryl methyl sites for hydroxylation is 1. The van der Waals surface area contributed by atoms with Gasteiger partial charge in [0.25, 0.3) is 0 Å². The third kappa shape index (κ3) is 4.96. The number of hydrogen-bond acceptors (Lipinski definition) is 5. The first-order valence-electron chi connectivity index (χ1n) is 11.0. The van der Waals surface area contributed by atoms with Crippen molar-refractivity contribution in [2.75, 3.05) is 6.61 Å². The topological polar surface area (TPSA) is 99.8 Å². The van der Waals surface area contributed by atoms with Crippen LogP contribution in [0, 0.1) is 24.1 Å². The zero-order valence-corrected chi connectivity index (χ0v) is 18.7. The van der Waals surface area contributed by atoms with Crippen molar-refractivity contribution < 1.29 is 28.9 Å². The third-order valence-corrected chi connectivity index (χ3v) is 5.96. The summed E-state index contributed by atoms with van der Waals surface area (Å²) in [7, 11) is 0. The average molecular weight is 461 g/mol. The SMILES string of the molecule is Cc1ccc(Oc2ccc(F)c3c2CCC3)c(C#N)c1.O=C(O)CC1COc2cc(O)ccc21. The lowest BCUT2D eigenvalue weighted by atomic mass is 9.98. The Morgan fingerprint density at radius 2 is 1.91 bits per heavy atom. The number of nitrogens with zero attached hydrogens (tertiary/aromatic N) is 1. The van der Waals surface area contributed by atoms with Gasteiger partial charge in [-0.15, -0.1) is 0 Å². The second kappa shape index (κ2) is 9.84. The van der Waals surface area contributed by atoms with Gasteiger partial charge < -0.3 is 19.7 Å². The Kier molecular flexibility index (Phi) is 6.69. The molecular weight excluding hydrogens is 437 g/mol. The first-order valence-corrected chi connectivity index (χ1v) is 11.0. The van der Waals surface area contributed by atoms with Gasteiger partial charge in [0.2, 0.25) is 0 Å². The number of rotatable bonds is 4.